The summed E-state index contributed by atoms with van der Waals surface area (Å²) in [5, 5.41) is 3.12. The molecule has 1 N–H and O–H groups in total. The maximum absolute atomic E-state index is 12.5. The fraction of sp³-hybridized carbons (Fsp3) is 0.235. The molecule has 3 aromatic rings. The normalized spacial score (nSPS) is 12.1. The summed E-state index contributed by atoms with van der Waals surface area (Å²) in [5.74, 6) is -0.390. The molecule has 1 atom stereocenters. The lowest BCUT2D eigenvalue weighted by Gasteiger charge is -2.14. The Balaban J connectivity index is 1.98. The highest BCUT2D eigenvalue weighted by Gasteiger charge is 2.16. The summed E-state index contributed by atoms with van der Waals surface area (Å²) in [4.78, 5) is 44.8. The molecule has 0 aliphatic rings. The van der Waals surface area contributed by atoms with Gasteiger partial charge in [0, 0.05) is 26.5 Å². The van der Waals surface area contributed by atoms with E-state index in [4.69, 9.17) is 0 Å². The molecule has 0 fully saturated rings. The van der Waals surface area contributed by atoms with Crippen molar-refractivity contribution in [2.75, 3.05) is 0 Å². The van der Waals surface area contributed by atoms with E-state index in [1.165, 1.54) is 30.8 Å². The first kappa shape index (κ1) is 16.6. The average molecular weight is 339 g/mol. The van der Waals surface area contributed by atoms with Crippen molar-refractivity contribution in [1.29, 1.82) is 0 Å². The number of nitrogens with zero attached hydrogens (tertiary/aromatic N) is 4. The van der Waals surface area contributed by atoms with Crippen molar-refractivity contribution >= 4 is 16.9 Å². The Morgan fingerprint density at radius 2 is 1.76 bits per heavy atom. The Hall–Kier alpha value is -3.29. The number of rotatable bonds is 3. The van der Waals surface area contributed by atoms with Crippen molar-refractivity contribution in [2.45, 2.75) is 13.0 Å². The molecule has 25 heavy (non-hydrogen) atoms. The molecule has 0 saturated carbocycles. The van der Waals surface area contributed by atoms with Crippen LogP contribution in [0.1, 0.15) is 29.0 Å². The molecule has 0 saturated heterocycles. The Kier molecular flexibility index (Phi) is 4.18. The second-order valence-electron chi connectivity index (χ2n) is 5.75. The molecule has 1 amide bonds. The van der Waals surface area contributed by atoms with Crippen LogP contribution in [-0.2, 0) is 14.1 Å². The zero-order chi connectivity index (χ0) is 18.1. The smallest absolute Gasteiger partial charge is 0.332 e. The van der Waals surface area contributed by atoms with E-state index in [-0.39, 0.29) is 28.7 Å². The van der Waals surface area contributed by atoms with Gasteiger partial charge in [0.2, 0.25) is 0 Å². The predicted molar refractivity (Wildman–Crippen MR) is 92.3 cm³/mol. The van der Waals surface area contributed by atoms with Crippen LogP contribution in [0.5, 0.6) is 0 Å². The molecule has 0 aromatic carbocycles. The van der Waals surface area contributed by atoms with Gasteiger partial charge in [-0.25, -0.2) is 9.78 Å². The third-order valence-corrected chi connectivity index (χ3v) is 4.09. The maximum Gasteiger partial charge on any atom is 0.332 e. The van der Waals surface area contributed by atoms with Gasteiger partial charge in [0.15, 0.2) is 0 Å². The zero-order valence-corrected chi connectivity index (χ0v) is 14.1. The van der Waals surface area contributed by atoms with Crippen molar-refractivity contribution in [2.24, 2.45) is 14.1 Å². The molecule has 3 aromatic heterocycles. The van der Waals surface area contributed by atoms with Gasteiger partial charge in [0.05, 0.1) is 11.4 Å². The Bertz CT molecular complexity index is 1070. The average Bonchev–Trinajstić information content (AvgIpc) is 2.64. The van der Waals surface area contributed by atoms with Crippen LogP contribution in [0.3, 0.4) is 0 Å². The molecule has 0 aliphatic heterocycles. The molecule has 0 bridgehead atoms. The van der Waals surface area contributed by atoms with Crippen LogP contribution in [0.25, 0.3) is 11.0 Å². The van der Waals surface area contributed by atoms with E-state index in [1.807, 2.05) is 19.1 Å². The Morgan fingerprint density at radius 1 is 1.08 bits per heavy atom. The molecular weight excluding hydrogens is 322 g/mol. The number of nitrogens with one attached hydrogen (secondary N) is 1. The van der Waals surface area contributed by atoms with Gasteiger partial charge in [0.25, 0.3) is 11.5 Å². The molecule has 1 unspecified atom stereocenters. The van der Waals surface area contributed by atoms with Crippen LogP contribution >= 0.6 is 0 Å². The van der Waals surface area contributed by atoms with E-state index in [2.05, 4.69) is 15.3 Å². The largest absolute Gasteiger partial charge is 0.344 e. The van der Waals surface area contributed by atoms with Crippen LogP contribution in [0.4, 0.5) is 0 Å². The van der Waals surface area contributed by atoms with Crippen LogP contribution in [-0.4, -0.2) is 25.0 Å². The molecule has 8 nitrogen and oxygen atoms in total. The number of hydrogen-bond acceptors (Lipinski definition) is 5. The van der Waals surface area contributed by atoms with Gasteiger partial charge in [-0.1, -0.05) is 0 Å². The van der Waals surface area contributed by atoms with Gasteiger partial charge in [-0.3, -0.25) is 23.7 Å². The van der Waals surface area contributed by atoms with Gasteiger partial charge in [-0.2, -0.15) is 0 Å². The first-order valence-corrected chi connectivity index (χ1v) is 7.67. The van der Waals surface area contributed by atoms with E-state index < -0.39 is 11.2 Å². The lowest BCUT2D eigenvalue weighted by Crippen LogP contribution is -2.37. The summed E-state index contributed by atoms with van der Waals surface area (Å²) >= 11 is 0. The predicted octanol–water partition coefficient (Wildman–Crippen LogP) is 0.518. The number of carbonyl (C=O) groups excluding carboxylic acids is 1. The number of carbonyl (C=O) groups is 1. The molecule has 128 valence electrons. The van der Waals surface area contributed by atoms with Crippen molar-refractivity contribution in [3.63, 3.8) is 0 Å². The fourth-order valence-electron chi connectivity index (χ4n) is 2.59. The molecule has 3 rings (SSSR count). The van der Waals surface area contributed by atoms with Crippen LogP contribution in [0, 0.1) is 0 Å². The van der Waals surface area contributed by atoms with E-state index in [1.54, 1.807) is 12.4 Å². The van der Waals surface area contributed by atoms with Crippen molar-refractivity contribution < 1.29 is 4.79 Å². The van der Waals surface area contributed by atoms with E-state index in [0.29, 0.717) is 0 Å². The zero-order valence-electron chi connectivity index (χ0n) is 14.1. The monoisotopic (exact) mass is 339 g/mol. The number of amides is 1. The van der Waals surface area contributed by atoms with Crippen molar-refractivity contribution in [3.05, 3.63) is 68.8 Å². The van der Waals surface area contributed by atoms with Gasteiger partial charge in [0.1, 0.15) is 11.3 Å². The van der Waals surface area contributed by atoms with Crippen LogP contribution in [0.15, 0.2) is 46.2 Å². The van der Waals surface area contributed by atoms with E-state index >= 15 is 0 Å². The van der Waals surface area contributed by atoms with Gasteiger partial charge in [-0.15, -0.1) is 0 Å². The maximum atomic E-state index is 12.5. The molecule has 3 heterocycles. The molecular formula is C17H17N5O3. The van der Waals surface area contributed by atoms with E-state index in [9.17, 15) is 14.4 Å². The van der Waals surface area contributed by atoms with Crippen molar-refractivity contribution in [1.82, 2.24) is 24.4 Å². The summed E-state index contributed by atoms with van der Waals surface area (Å²) in [5.41, 5.74) is 0.287. The van der Waals surface area contributed by atoms with E-state index in [0.717, 1.165) is 10.1 Å². The number of aromatic nitrogens is 4. The molecule has 0 spiro atoms. The molecule has 0 aliphatic carbocycles. The fourth-order valence-corrected chi connectivity index (χ4v) is 2.59. The first-order valence-electron chi connectivity index (χ1n) is 7.67. The summed E-state index contributed by atoms with van der Waals surface area (Å²) in [6.07, 6.45) is 3.30. The highest BCUT2D eigenvalue weighted by atomic mass is 16.2. The van der Waals surface area contributed by atoms with Crippen LogP contribution in [0.2, 0.25) is 0 Å². The summed E-state index contributed by atoms with van der Waals surface area (Å²) in [6, 6.07) is 6.37. The number of hydrogen-bond donors (Lipinski definition) is 1. The minimum Gasteiger partial charge on any atom is -0.344 e. The number of pyridine rings is 2. The summed E-state index contributed by atoms with van der Waals surface area (Å²) in [6.45, 7) is 1.85. The quantitative estimate of drug-likeness (QED) is 0.750. The third kappa shape index (κ3) is 2.93. The number of fused-ring (bicyclic) bond motifs is 1. The molecule has 0 radical (unpaired) electrons. The standard InChI is InChI=1S/C17H17N5O3/c1-10(11-6-8-18-9-7-11)19-15(23)13-5-4-12-14(20-13)21(2)17(25)22(3)16(12)24/h4-10H,1-3H3,(H,19,23). The minimum absolute atomic E-state index is 0.136. The first-order chi connectivity index (χ1) is 11.9. The Morgan fingerprint density at radius 3 is 2.44 bits per heavy atom. The third-order valence-electron chi connectivity index (χ3n) is 4.09. The minimum atomic E-state index is -0.493. The SMILES string of the molecule is CC(NC(=O)c1ccc2c(=O)n(C)c(=O)n(C)c2n1)c1ccncc1. The highest BCUT2D eigenvalue weighted by Crippen LogP contribution is 2.12. The summed E-state index contributed by atoms with van der Waals surface area (Å²) in [7, 11) is 2.92. The molecule has 8 heteroatoms. The Labute approximate surface area is 142 Å². The second-order valence-corrected chi connectivity index (χ2v) is 5.75. The topological polar surface area (TPSA) is 98.9 Å². The lowest BCUT2D eigenvalue weighted by molar-refractivity contribution is 0.0935. The highest BCUT2D eigenvalue weighted by molar-refractivity contribution is 5.94. The van der Waals surface area contributed by atoms with Gasteiger partial charge >= 0.3 is 5.69 Å². The lowest BCUT2D eigenvalue weighted by atomic mass is 10.1. The van der Waals surface area contributed by atoms with Crippen LogP contribution < -0.4 is 16.6 Å². The van der Waals surface area contributed by atoms with Gasteiger partial charge in [-0.05, 0) is 36.8 Å². The van der Waals surface area contributed by atoms with Crippen molar-refractivity contribution in [3.8, 4) is 0 Å². The number of aryl methyl sites for hydroxylation is 1. The van der Waals surface area contributed by atoms with Gasteiger partial charge < -0.3 is 5.32 Å². The summed E-state index contributed by atoms with van der Waals surface area (Å²) < 4.78 is 2.26. The second kappa shape index (κ2) is 6.31.